The standard InChI is InChI=1S/C14H22ClF2N3O/c1-18-12(10-3-5-14(16,17)6-4-10)13-11(15)9-19-20(13)7-8-21-2/h9-10,12,18H,3-8H2,1-2H3. The van der Waals surface area contributed by atoms with E-state index in [0.717, 1.165) is 5.69 Å². The van der Waals surface area contributed by atoms with Gasteiger partial charge in [0.2, 0.25) is 5.92 Å². The molecule has 0 bridgehead atoms. The number of aromatic nitrogens is 2. The molecule has 1 fully saturated rings. The summed E-state index contributed by atoms with van der Waals surface area (Å²) in [6, 6.07) is -0.0621. The minimum atomic E-state index is -2.52. The van der Waals surface area contributed by atoms with E-state index >= 15 is 0 Å². The van der Waals surface area contributed by atoms with Crippen LogP contribution in [0.4, 0.5) is 8.78 Å². The van der Waals surface area contributed by atoms with E-state index in [1.54, 1.807) is 18.0 Å². The lowest BCUT2D eigenvalue weighted by molar-refractivity contribution is -0.0498. The SMILES string of the molecule is CNC(c1c(Cl)cnn1CCOC)C1CCC(F)(F)CC1. The highest BCUT2D eigenvalue weighted by atomic mass is 35.5. The van der Waals surface area contributed by atoms with Crippen LogP contribution in [0.5, 0.6) is 0 Å². The van der Waals surface area contributed by atoms with Gasteiger partial charge < -0.3 is 10.1 Å². The van der Waals surface area contributed by atoms with Crippen LogP contribution in [0.2, 0.25) is 5.02 Å². The summed E-state index contributed by atoms with van der Waals surface area (Å²) in [5, 5.41) is 8.06. The normalized spacial score (nSPS) is 20.6. The molecule has 0 radical (unpaired) electrons. The second-order valence-corrected chi connectivity index (χ2v) is 5.96. The van der Waals surface area contributed by atoms with Crippen LogP contribution in [0.1, 0.15) is 37.4 Å². The van der Waals surface area contributed by atoms with Crippen molar-refractivity contribution in [3.05, 3.63) is 16.9 Å². The van der Waals surface area contributed by atoms with Crippen LogP contribution in [0.3, 0.4) is 0 Å². The fourth-order valence-electron chi connectivity index (χ4n) is 3.03. The molecule has 1 unspecified atom stereocenters. The summed E-state index contributed by atoms with van der Waals surface area (Å²) in [6.07, 6.45) is 2.47. The molecule has 0 aliphatic heterocycles. The fourth-order valence-corrected chi connectivity index (χ4v) is 3.29. The Morgan fingerprint density at radius 1 is 1.52 bits per heavy atom. The van der Waals surface area contributed by atoms with Crippen molar-refractivity contribution >= 4 is 11.6 Å². The number of rotatable bonds is 6. The molecule has 0 saturated heterocycles. The fraction of sp³-hybridized carbons (Fsp3) is 0.786. The Hall–Kier alpha value is -0.720. The third kappa shape index (κ3) is 3.93. The van der Waals surface area contributed by atoms with Crippen LogP contribution in [0, 0.1) is 5.92 Å². The van der Waals surface area contributed by atoms with Crippen molar-refractivity contribution < 1.29 is 13.5 Å². The molecule has 2 rings (SSSR count). The molecule has 1 aromatic heterocycles. The van der Waals surface area contributed by atoms with Crippen LogP contribution in [-0.4, -0.2) is 36.5 Å². The van der Waals surface area contributed by atoms with Gasteiger partial charge in [-0.1, -0.05) is 11.6 Å². The Morgan fingerprint density at radius 3 is 2.76 bits per heavy atom. The number of alkyl halides is 2. The van der Waals surface area contributed by atoms with Gasteiger partial charge in [-0.2, -0.15) is 5.10 Å². The lowest BCUT2D eigenvalue weighted by Gasteiger charge is -2.34. The minimum absolute atomic E-state index is 0.0559. The molecule has 1 saturated carbocycles. The van der Waals surface area contributed by atoms with E-state index < -0.39 is 5.92 Å². The molecule has 1 N–H and O–H groups in total. The first kappa shape index (κ1) is 16.6. The number of methoxy groups -OCH3 is 1. The maximum absolute atomic E-state index is 13.3. The Balaban J connectivity index is 2.16. The van der Waals surface area contributed by atoms with Gasteiger partial charge in [-0.25, -0.2) is 8.78 Å². The molecule has 1 aliphatic carbocycles. The van der Waals surface area contributed by atoms with Crippen LogP contribution in [0.25, 0.3) is 0 Å². The smallest absolute Gasteiger partial charge is 0.248 e. The van der Waals surface area contributed by atoms with Gasteiger partial charge in [-0.3, -0.25) is 4.68 Å². The summed E-state index contributed by atoms with van der Waals surface area (Å²) in [5.74, 6) is -2.38. The van der Waals surface area contributed by atoms with Gasteiger partial charge in [-0.05, 0) is 25.8 Å². The Kier molecular flexibility index (Phi) is 5.57. The first-order valence-electron chi connectivity index (χ1n) is 7.23. The van der Waals surface area contributed by atoms with E-state index in [1.165, 1.54) is 0 Å². The molecular formula is C14H22ClF2N3O. The molecule has 120 valence electrons. The van der Waals surface area contributed by atoms with E-state index in [4.69, 9.17) is 16.3 Å². The molecule has 1 aromatic rings. The predicted molar refractivity (Wildman–Crippen MR) is 77.8 cm³/mol. The quantitative estimate of drug-likeness (QED) is 0.874. The number of hydrogen-bond donors (Lipinski definition) is 1. The van der Waals surface area contributed by atoms with E-state index in [2.05, 4.69) is 10.4 Å². The van der Waals surface area contributed by atoms with E-state index in [-0.39, 0.29) is 24.8 Å². The number of hydrogen-bond acceptors (Lipinski definition) is 3. The number of nitrogens with one attached hydrogen (secondary N) is 1. The zero-order valence-corrected chi connectivity index (χ0v) is 13.2. The molecule has 21 heavy (non-hydrogen) atoms. The largest absolute Gasteiger partial charge is 0.383 e. The third-order valence-corrected chi connectivity index (χ3v) is 4.47. The van der Waals surface area contributed by atoms with Gasteiger partial charge in [-0.15, -0.1) is 0 Å². The summed E-state index contributed by atoms with van der Waals surface area (Å²) in [7, 11) is 3.46. The summed E-state index contributed by atoms with van der Waals surface area (Å²) in [5.41, 5.74) is 0.867. The van der Waals surface area contributed by atoms with Gasteiger partial charge in [0.15, 0.2) is 0 Å². The first-order valence-corrected chi connectivity index (χ1v) is 7.61. The number of ether oxygens (including phenoxy) is 1. The molecule has 0 amide bonds. The van der Waals surface area contributed by atoms with Crippen LogP contribution in [-0.2, 0) is 11.3 Å². The molecule has 4 nitrogen and oxygen atoms in total. The van der Waals surface area contributed by atoms with Crippen molar-refractivity contribution in [1.29, 1.82) is 0 Å². The molecule has 7 heteroatoms. The molecule has 0 aromatic carbocycles. The third-order valence-electron chi connectivity index (χ3n) is 4.18. The number of halogens is 3. The minimum Gasteiger partial charge on any atom is -0.383 e. The summed E-state index contributed by atoms with van der Waals surface area (Å²) >= 11 is 6.26. The molecule has 0 spiro atoms. The average Bonchev–Trinajstić information content (AvgIpc) is 2.81. The van der Waals surface area contributed by atoms with Crippen LogP contribution >= 0.6 is 11.6 Å². The van der Waals surface area contributed by atoms with Crippen molar-refractivity contribution in [2.75, 3.05) is 20.8 Å². The van der Waals surface area contributed by atoms with Crippen LogP contribution in [0.15, 0.2) is 6.20 Å². The van der Waals surface area contributed by atoms with Gasteiger partial charge in [0.25, 0.3) is 0 Å². The van der Waals surface area contributed by atoms with Crippen molar-refractivity contribution in [3.63, 3.8) is 0 Å². The lowest BCUT2D eigenvalue weighted by Crippen LogP contribution is -2.34. The molecule has 1 heterocycles. The van der Waals surface area contributed by atoms with Gasteiger partial charge in [0, 0.05) is 20.0 Å². The summed E-state index contributed by atoms with van der Waals surface area (Å²) in [4.78, 5) is 0. The second-order valence-electron chi connectivity index (χ2n) is 5.55. The molecule has 1 atom stereocenters. The highest BCUT2D eigenvalue weighted by Crippen LogP contribution is 2.42. The summed E-state index contributed by atoms with van der Waals surface area (Å²) < 4.78 is 33.5. The summed E-state index contributed by atoms with van der Waals surface area (Å²) in [6.45, 7) is 1.13. The van der Waals surface area contributed by atoms with E-state index in [9.17, 15) is 8.78 Å². The van der Waals surface area contributed by atoms with Crippen molar-refractivity contribution in [3.8, 4) is 0 Å². The van der Waals surface area contributed by atoms with Crippen molar-refractivity contribution in [1.82, 2.24) is 15.1 Å². The highest BCUT2D eigenvalue weighted by Gasteiger charge is 2.38. The topological polar surface area (TPSA) is 39.1 Å². The molecule has 1 aliphatic rings. The zero-order chi connectivity index (χ0) is 15.5. The zero-order valence-electron chi connectivity index (χ0n) is 12.4. The monoisotopic (exact) mass is 321 g/mol. The van der Waals surface area contributed by atoms with Gasteiger partial charge in [0.1, 0.15) is 0 Å². The Morgan fingerprint density at radius 2 is 2.19 bits per heavy atom. The van der Waals surface area contributed by atoms with Gasteiger partial charge >= 0.3 is 0 Å². The van der Waals surface area contributed by atoms with Crippen molar-refractivity contribution in [2.24, 2.45) is 5.92 Å². The second kappa shape index (κ2) is 7.03. The predicted octanol–water partition coefficient (Wildman–Crippen LogP) is 3.27. The Bertz CT molecular complexity index is 457. The average molecular weight is 322 g/mol. The van der Waals surface area contributed by atoms with E-state index in [0.29, 0.717) is 31.0 Å². The lowest BCUT2D eigenvalue weighted by atomic mass is 9.81. The number of nitrogens with zero attached hydrogens (tertiary/aromatic N) is 2. The highest BCUT2D eigenvalue weighted by molar-refractivity contribution is 6.31. The van der Waals surface area contributed by atoms with Crippen LogP contribution < -0.4 is 5.32 Å². The van der Waals surface area contributed by atoms with Crippen molar-refractivity contribution in [2.45, 2.75) is 44.2 Å². The maximum Gasteiger partial charge on any atom is 0.248 e. The maximum atomic E-state index is 13.3. The first-order chi connectivity index (χ1) is 9.98. The van der Waals surface area contributed by atoms with Gasteiger partial charge in [0.05, 0.1) is 36.1 Å². The molecular weight excluding hydrogens is 300 g/mol. The van der Waals surface area contributed by atoms with E-state index in [1.807, 2.05) is 7.05 Å². The Labute approximate surface area is 128 Å².